The minimum Gasteiger partial charge on any atom is -0.478 e. The maximum atomic E-state index is 12.0. The summed E-state index contributed by atoms with van der Waals surface area (Å²) < 4.78 is 0. The smallest absolute Gasteiger partial charge is 0.337 e. The van der Waals surface area contributed by atoms with Gasteiger partial charge in [-0.05, 0) is 31.0 Å². The highest BCUT2D eigenvalue weighted by molar-refractivity contribution is 6.01. The lowest BCUT2D eigenvalue weighted by Gasteiger charge is -2.29. The molecule has 1 saturated heterocycles. The third-order valence-electron chi connectivity index (χ3n) is 3.61. The first-order valence-electron chi connectivity index (χ1n) is 6.51. The number of aromatic carboxylic acids is 1. The molecule has 1 unspecified atom stereocenters. The van der Waals surface area contributed by atoms with E-state index in [1.54, 1.807) is 13.0 Å². The molecule has 112 valence electrons. The Hall–Kier alpha value is -2.57. The monoisotopic (exact) mass is 291 g/mol. The highest BCUT2D eigenvalue weighted by atomic mass is 16.4. The fourth-order valence-corrected chi connectivity index (χ4v) is 2.31. The second-order valence-electron chi connectivity index (χ2n) is 5.09. The predicted molar refractivity (Wildman–Crippen MR) is 77.0 cm³/mol. The van der Waals surface area contributed by atoms with Crippen molar-refractivity contribution in [1.29, 1.82) is 0 Å². The molecule has 1 aromatic rings. The van der Waals surface area contributed by atoms with Gasteiger partial charge in [0.15, 0.2) is 0 Å². The van der Waals surface area contributed by atoms with Crippen molar-refractivity contribution < 1.29 is 19.5 Å². The van der Waals surface area contributed by atoms with Gasteiger partial charge in [0, 0.05) is 24.8 Å². The number of nitrogens with two attached hydrogens (primary N) is 1. The normalized spacial score (nSPS) is 18.8. The summed E-state index contributed by atoms with van der Waals surface area (Å²) in [6, 6.07) is 2.54. The van der Waals surface area contributed by atoms with Crippen molar-refractivity contribution in [1.82, 2.24) is 4.90 Å². The zero-order valence-corrected chi connectivity index (χ0v) is 11.8. The standard InChI is InChI=1S/C14H17N3O4/c1-7-5-8(6-9(12(7)15)14(20)21)16-10-3-4-11(18)17(2)13(10)19/h5-6,10,16H,3-4,15H2,1-2H3,(H,20,21). The molecule has 2 rings (SSSR count). The van der Waals surface area contributed by atoms with Crippen molar-refractivity contribution in [3.05, 3.63) is 23.3 Å². The number of hydrogen-bond donors (Lipinski definition) is 3. The van der Waals surface area contributed by atoms with Gasteiger partial charge in [0.2, 0.25) is 5.91 Å². The number of rotatable bonds is 3. The minimum atomic E-state index is -1.12. The van der Waals surface area contributed by atoms with E-state index in [1.165, 1.54) is 13.1 Å². The van der Waals surface area contributed by atoms with Gasteiger partial charge in [-0.1, -0.05) is 0 Å². The van der Waals surface area contributed by atoms with Gasteiger partial charge in [-0.3, -0.25) is 14.5 Å². The molecule has 0 aliphatic carbocycles. The van der Waals surface area contributed by atoms with Crippen molar-refractivity contribution >= 4 is 29.2 Å². The quantitative estimate of drug-likeness (QED) is 0.561. The number of carbonyl (C=O) groups is 3. The van der Waals surface area contributed by atoms with Crippen LogP contribution in [-0.2, 0) is 9.59 Å². The fourth-order valence-electron chi connectivity index (χ4n) is 2.31. The number of nitrogen functional groups attached to an aromatic ring is 1. The summed E-state index contributed by atoms with van der Waals surface area (Å²) >= 11 is 0. The van der Waals surface area contributed by atoms with E-state index < -0.39 is 12.0 Å². The van der Waals surface area contributed by atoms with E-state index in [2.05, 4.69) is 5.32 Å². The second kappa shape index (κ2) is 5.43. The Kier molecular flexibility index (Phi) is 3.84. The van der Waals surface area contributed by atoms with Crippen molar-refractivity contribution in [3.8, 4) is 0 Å². The number of imide groups is 1. The van der Waals surface area contributed by atoms with E-state index in [1.807, 2.05) is 0 Å². The predicted octanol–water partition coefficient (Wildman–Crippen LogP) is 0.835. The van der Waals surface area contributed by atoms with E-state index in [4.69, 9.17) is 10.8 Å². The first-order valence-corrected chi connectivity index (χ1v) is 6.51. The lowest BCUT2D eigenvalue weighted by atomic mass is 10.0. The van der Waals surface area contributed by atoms with Gasteiger partial charge < -0.3 is 16.2 Å². The zero-order chi connectivity index (χ0) is 15.7. The first-order chi connectivity index (χ1) is 9.81. The Bertz CT molecular complexity index is 627. The molecule has 0 bridgehead atoms. The van der Waals surface area contributed by atoms with Gasteiger partial charge in [-0.15, -0.1) is 0 Å². The van der Waals surface area contributed by atoms with Gasteiger partial charge in [0.1, 0.15) is 6.04 Å². The maximum absolute atomic E-state index is 12.0. The summed E-state index contributed by atoms with van der Waals surface area (Å²) in [4.78, 5) is 35.7. The summed E-state index contributed by atoms with van der Waals surface area (Å²) in [6.07, 6.45) is 0.660. The maximum Gasteiger partial charge on any atom is 0.337 e. The van der Waals surface area contributed by atoms with Crippen LogP contribution in [0, 0.1) is 6.92 Å². The molecule has 1 atom stereocenters. The van der Waals surface area contributed by atoms with Gasteiger partial charge >= 0.3 is 5.97 Å². The van der Waals surface area contributed by atoms with Gasteiger partial charge in [-0.25, -0.2) is 4.79 Å². The molecule has 0 radical (unpaired) electrons. The lowest BCUT2D eigenvalue weighted by molar-refractivity contribution is -0.146. The fraction of sp³-hybridized carbons (Fsp3) is 0.357. The minimum absolute atomic E-state index is 0.00908. The van der Waals surface area contributed by atoms with Crippen LogP contribution in [0.2, 0.25) is 0 Å². The van der Waals surface area contributed by atoms with Crippen LogP contribution in [0.4, 0.5) is 11.4 Å². The third kappa shape index (κ3) is 2.81. The van der Waals surface area contributed by atoms with Crippen LogP contribution >= 0.6 is 0 Å². The number of amides is 2. The first kappa shape index (κ1) is 14.8. The highest BCUT2D eigenvalue weighted by Gasteiger charge is 2.31. The van der Waals surface area contributed by atoms with E-state index in [-0.39, 0.29) is 29.5 Å². The van der Waals surface area contributed by atoms with Crippen molar-refractivity contribution in [3.63, 3.8) is 0 Å². The van der Waals surface area contributed by atoms with Crippen LogP contribution in [0.1, 0.15) is 28.8 Å². The van der Waals surface area contributed by atoms with Crippen LogP contribution < -0.4 is 11.1 Å². The third-order valence-corrected chi connectivity index (χ3v) is 3.61. The van der Waals surface area contributed by atoms with Crippen molar-refractivity contribution in [2.75, 3.05) is 18.1 Å². The van der Waals surface area contributed by atoms with Crippen LogP contribution in [0.15, 0.2) is 12.1 Å². The second-order valence-corrected chi connectivity index (χ2v) is 5.09. The number of nitrogens with one attached hydrogen (secondary N) is 1. The number of carboxylic acids is 1. The molecule has 1 aliphatic rings. The van der Waals surface area contributed by atoms with Gasteiger partial charge in [0.05, 0.1) is 5.56 Å². The van der Waals surface area contributed by atoms with E-state index in [0.717, 1.165) is 4.90 Å². The number of anilines is 2. The molecule has 4 N–H and O–H groups in total. The SMILES string of the molecule is Cc1cc(NC2CCC(=O)N(C)C2=O)cc(C(=O)O)c1N. The van der Waals surface area contributed by atoms with E-state index in [0.29, 0.717) is 17.7 Å². The lowest BCUT2D eigenvalue weighted by Crippen LogP contribution is -2.48. The van der Waals surface area contributed by atoms with Gasteiger partial charge in [-0.2, -0.15) is 0 Å². The molecule has 1 aliphatic heterocycles. The van der Waals surface area contributed by atoms with Crippen LogP contribution in [0.25, 0.3) is 0 Å². The Labute approximate surface area is 121 Å². The number of carbonyl (C=O) groups excluding carboxylic acids is 2. The number of nitrogens with zero attached hydrogens (tertiary/aromatic N) is 1. The van der Waals surface area contributed by atoms with Crippen molar-refractivity contribution in [2.45, 2.75) is 25.8 Å². The number of hydrogen-bond acceptors (Lipinski definition) is 5. The van der Waals surface area contributed by atoms with E-state index >= 15 is 0 Å². The molecular formula is C14H17N3O4. The molecule has 1 aromatic carbocycles. The highest BCUT2D eigenvalue weighted by Crippen LogP contribution is 2.25. The number of aryl methyl sites for hydroxylation is 1. The average molecular weight is 291 g/mol. The largest absolute Gasteiger partial charge is 0.478 e. The molecule has 0 saturated carbocycles. The van der Waals surface area contributed by atoms with Crippen molar-refractivity contribution in [2.24, 2.45) is 0 Å². The number of likely N-dealkylation sites (tertiary alicyclic amines) is 1. The van der Waals surface area contributed by atoms with Crippen LogP contribution in [0.5, 0.6) is 0 Å². The van der Waals surface area contributed by atoms with E-state index in [9.17, 15) is 14.4 Å². The molecule has 0 spiro atoms. The molecule has 1 fully saturated rings. The number of carboxylic acid groups (broad SMARTS) is 1. The topological polar surface area (TPSA) is 113 Å². The molecular weight excluding hydrogens is 274 g/mol. The number of benzene rings is 1. The average Bonchev–Trinajstić information content (AvgIpc) is 2.43. The molecule has 0 aromatic heterocycles. The molecule has 2 amide bonds. The van der Waals surface area contributed by atoms with Crippen LogP contribution in [-0.4, -0.2) is 40.9 Å². The Balaban J connectivity index is 2.26. The summed E-state index contributed by atoms with van der Waals surface area (Å²) in [5.74, 6) is -1.66. The molecule has 21 heavy (non-hydrogen) atoms. The Morgan fingerprint density at radius 1 is 1.43 bits per heavy atom. The number of likely N-dealkylation sites (N-methyl/N-ethyl adjacent to an activating group) is 1. The molecule has 1 heterocycles. The summed E-state index contributed by atoms with van der Waals surface area (Å²) in [7, 11) is 1.44. The Morgan fingerprint density at radius 3 is 2.71 bits per heavy atom. The van der Waals surface area contributed by atoms with Crippen LogP contribution in [0.3, 0.4) is 0 Å². The summed E-state index contributed by atoms with van der Waals surface area (Å²) in [5, 5.41) is 12.1. The molecule has 7 nitrogen and oxygen atoms in total. The van der Waals surface area contributed by atoms with Gasteiger partial charge in [0.25, 0.3) is 5.91 Å². The Morgan fingerprint density at radius 2 is 2.10 bits per heavy atom. The summed E-state index contributed by atoms with van der Waals surface area (Å²) in [5.41, 5.74) is 7.04. The number of piperidine rings is 1. The zero-order valence-electron chi connectivity index (χ0n) is 11.8. The molecule has 7 heteroatoms. The summed E-state index contributed by atoms with van der Waals surface area (Å²) in [6.45, 7) is 1.70.